The SMILES string of the molecule is C#CCCCCCCCCCC.C#CCCCCCCCCCC. The minimum absolute atomic E-state index is 0.967. The molecule has 0 saturated heterocycles. The van der Waals surface area contributed by atoms with Crippen molar-refractivity contribution in [2.45, 2.75) is 129 Å². The predicted octanol–water partition coefficient (Wildman–Crippen LogP) is 8.30. The molecule has 0 aromatic rings. The van der Waals surface area contributed by atoms with Crippen LogP contribution in [0, 0.1) is 24.7 Å². The summed E-state index contributed by atoms with van der Waals surface area (Å²) in [4.78, 5) is 0. The van der Waals surface area contributed by atoms with Gasteiger partial charge in [-0.05, 0) is 12.8 Å². The summed E-state index contributed by atoms with van der Waals surface area (Å²) in [6.45, 7) is 4.51. The number of rotatable bonds is 16. The summed E-state index contributed by atoms with van der Waals surface area (Å²) in [5.74, 6) is 5.36. The second-order valence-corrected chi connectivity index (χ2v) is 6.86. The second-order valence-electron chi connectivity index (χ2n) is 6.86. The van der Waals surface area contributed by atoms with Crippen molar-refractivity contribution in [3.05, 3.63) is 0 Å². The molecule has 0 heteroatoms. The number of terminal acetylenes is 2. The zero-order valence-corrected chi connectivity index (χ0v) is 16.9. The maximum absolute atomic E-state index is 5.16. The Morgan fingerprint density at radius 3 is 0.917 bits per heavy atom. The van der Waals surface area contributed by atoms with E-state index in [1.165, 1.54) is 103 Å². The van der Waals surface area contributed by atoms with Crippen molar-refractivity contribution in [2.24, 2.45) is 0 Å². The van der Waals surface area contributed by atoms with Gasteiger partial charge in [-0.3, -0.25) is 0 Å². The third kappa shape index (κ3) is 29.2. The molecule has 0 spiro atoms. The Bertz CT molecular complexity index is 245. The maximum atomic E-state index is 5.16. The number of hydrogen-bond donors (Lipinski definition) is 0. The summed E-state index contributed by atoms with van der Waals surface area (Å²) >= 11 is 0. The molecule has 24 heavy (non-hydrogen) atoms. The van der Waals surface area contributed by atoms with Crippen molar-refractivity contribution in [3.8, 4) is 24.7 Å². The summed E-state index contributed by atoms with van der Waals surface area (Å²) in [7, 11) is 0. The topological polar surface area (TPSA) is 0 Å². The summed E-state index contributed by atoms with van der Waals surface area (Å²) < 4.78 is 0. The molecule has 0 N–H and O–H groups in total. The Morgan fingerprint density at radius 1 is 0.417 bits per heavy atom. The Morgan fingerprint density at radius 2 is 0.667 bits per heavy atom. The molecule has 0 amide bonds. The molecule has 0 aliphatic carbocycles. The summed E-state index contributed by atoms with van der Waals surface area (Å²) in [6.07, 6.45) is 34.1. The van der Waals surface area contributed by atoms with Crippen LogP contribution in [0.3, 0.4) is 0 Å². The number of unbranched alkanes of at least 4 members (excludes halogenated alkanes) is 16. The first kappa shape index (κ1) is 25.4. The van der Waals surface area contributed by atoms with Crippen LogP contribution in [-0.2, 0) is 0 Å². The highest BCUT2D eigenvalue weighted by molar-refractivity contribution is 4.83. The van der Waals surface area contributed by atoms with E-state index in [1.54, 1.807) is 0 Å². The first-order valence-corrected chi connectivity index (χ1v) is 10.7. The molecule has 0 saturated carbocycles. The van der Waals surface area contributed by atoms with Crippen LogP contribution in [-0.4, -0.2) is 0 Å². The molecule has 0 unspecified atom stereocenters. The molecule has 0 rings (SSSR count). The molecule has 0 aliphatic heterocycles. The van der Waals surface area contributed by atoms with Gasteiger partial charge in [0, 0.05) is 12.8 Å². The highest BCUT2D eigenvalue weighted by Crippen LogP contribution is 2.09. The normalized spacial score (nSPS) is 9.67. The molecule has 0 bridgehead atoms. The van der Waals surface area contributed by atoms with Gasteiger partial charge in [-0.15, -0.1) is 24.7 Å². The lowest BCUT2D eigenvalue weighted by Crippen LogP contribution is -1.79. The minimum Gasteiger partial charge on any atom is -0.120 e. The molecular weight excluding hydrogens is 288 g/mol. The van der Waals surface area contributed by atoms with E-state index in [-0.39, 0.29) is 0 Å². The van der Waals surface area contributed by atoms with E-state index < -0.39 is 0 Å². The second kappa shape index (κ2) is 27.0. The number of hydrogen-bond acceptors (Lipinski definition) is 0. The van der Waals surface area contributed by atoms with Gasteiger partial charge < -0.3 is 0 Å². The smallest absolute Gasteiger partial charge is 0.00860 e. The van der Waals surface area contributed by atoms with Crippen molar-refractivity contribution >= 4 is 0 Å². The van der Waals surface area contributed by atoms with E-state index in [4.69, 9.17) is 12.8 Å². The summed E-state index contributed by atoms with van der Waals surface area (Å²) in [5.41, 5.74) is 0. The standard InChI is InChI=1S/2C12H22/c2*1-3-5-7-9-11-12-10-8-6-4-2/h2*1H,4-12H2,2H3. The largest absolute Gasteiger partial charge is 0.120 e. The molecule has 140 valence electrons. The van der Waals surface area contributed by atoms with Crippen molar-refractivity contribution in [1.82, 2.24) is 0 Å². The average Bonchev–Trinajstić information content (AvgIpc) is 2.60. The van der Waals surface area contributed by atoms with Gasteiger partial charge in [-0.2, -0.15) is 0 Å². The quantitative estimate of drug-likeness (QED) is 0.197. The van der Waals surface area contributed by atoms with Gasteiger partial charge in [0.1, 0.15) is 0 Å². The molecule has 0 aromatic heterocycles. The third-order valence-corrected chi connectivity index (χ3v) is 4.35. The van der Waals surface area contributed by atoms with Crippen LogP contribution in [0.1, 0.15) is 129 Å². The van der Waals surface area contributed by atoms with Gasteiger partial charge >= 0.3 is 0 Å². The Kier molecular flexibility index (Phi) is 28.5. The van der Waals surface area contributed by atoms with Gasteiger partial charge in [0.05, 0.1) is 0 Å². The fraction of sp³-hybridized carbons (Fsp3) is 0.833. The van der Waals surface area contributed by atoms with Gasteiger partial charge in [-0.25, -0.2) is 0 Å². The Hall–Kier alpha value is -0.880. The molecular formula is C24H44. The van der Waals surface area contributed by atoms with E-state index in [0.717, 1.165) is 12.8 Å². The highest BCUT2D eigenvalue weighted by atomic mass is 14.0. The maximum Gasteiger partial charge on any atom is 0.00860 e. The molecule has 0 aromatic carbocycles. The zero-order chi connectivity index (χ0) is 18.1. The van der Waals surface area contributed by atoms with Crippen molar-refractivity contribution in [2.75, 3.05) is 0 Å². The average molecular weight is 333 g/mol. The van der Waals surface area contributed by atoms with Crippen LogP contribution in [0.2, 0.25) is 0 Å². The monoisotopic (exact) mass is 332 g/mol. The van der Waals surface area contributed by atoms with E-state index >= 15 is 0 Å². The fourth-order valence-electron chi connectivity index (χ4n) is 2.72. The van der Waals surface area contributed by atoms with Crippen molar-refractivity contribution in [3.63, 3.8) is 0 Å². The van der Waals surface area contributed by atoms with E-state index in [2.05, 4.69) is 25.7 Å². The molecule has 0 fully saturated rings. The van der Waals surface area contributed by atoms with E-state index in [9.17, 15) is 0 Å². The van der Waals surface area contributed by atoms with Gasteiger partial charge in [-0.1, -0.05) is 104 Å². The van der Waals surface area contributed by atoms with Crippen molar-refractivity contribution < 1.29 is 0 Å². The zero-order valence-electron chi connectivity index (χ0n) is 16.9. The minimum atomic E-state index is 0.967. The predicted molar refractivity (Wildman–Crippen MR) is 112 cm³/mol. The lowest BCUT2D eigenvalue weighted by atomic mass is 10.1. The first-order valence-electron chi connectivity index (χ1n) is 10.7. The lowest BCUT2D eigenvalue weighted by molar-refractivity contribution is 0.579. The molecule has 0 radical (unpaired) electrons. The molecule has 0 aliphatic rings. The molecule has 0 atom stereocenters. The van der Waals surface area contributed by atoms with Crippen LogP contribution in [0.15, 0.2) is 0 Å². The van der Waals surface area contributed by atoms with Gasteiger partial charge in [0.15, 0.2) is 0 Å². The molecule has 0 nitrogen and oxygen atoms in total. The first-order chi connectivity index (χ1) is 11.8. The van der Waals surface area contributed by atoms with Gasteiger partial charge in [0.25, 0.3) is 0 Å². The van der Waals surface area contributed by atoms with E-state index in [1.807, 2.05) is 0 Å². The van der Waals surface area contributed by atoms with Crippen LogP contribution in [0.5, 0.6) is 0 Å². The molecule has 0 heterocycles. The third-order valence-electron chi connectivity index (χ3n) is 4.35. The van der Waals surface area contributed by atoms with Crippen LogP contribution in [0.4, 0.5) is 0 Å². The Balaban J connectivity index is 0. The fourth-order valence-corrected chi connectivity index (χ4v) is 2.72. The van der Waals surface area contributed by atoms with Crippen LogP contribution in [0.25, 0.3) is 0 Å². The lowest BCUT2D eigenvalue weighted by Gasteiger charge is -1.98. The van der Waals surface area contributed by atoms with E-state index in [0.29, 0.717) is 0 Å². The van der Waals surface area contributed by atoms with Crippen LogP contribution < -0.4 is 0 Å². The summed E-state index contributed by atoms with van der Waals surface area (Å²) in [6, 6.07) is 0. The Labute approximate surface area is 154 Å². The van der Waals surface area contributed by atoms with Crippen LogP contribution >= 0.6 is 0 Å². The summed E-state index contributed by atoms with van der Waals surface area (Å²) in [5, 5.41) is 0. The van der Waals surface area contributed by atoms with Crippen molar-refractivity contribution in [1.29, 1.82) is 0 Å². The highest BCUT2D eigenvalue weighted by Gasteiger charge is 1.90. The van der Waals surface area contributed by atoms with Gasteiger partial charge in [0.2, 0.25) is 0 Å².